The summed E-state index contributed by atoms with van der Waals surface area (Å²) in [5.41, 5.74) is 16.4. The molecule has 1 heterocycles. The maximum atomic E-state index is 2.41. The van der Waals surface area contributed by atoms with E-state index in [1.807, 2.05) is 0 Å². The lowest BCUT2D eigenvalue weighted by molar-refractivity contribution is 1.17. The van der Waals surface area contributed by atoms with E-state index in [0.717, 1.165) is 28.3 Å². The summed E-state index contributed by atoms with van der Waals surface area (Å²) in [7, 11) is 0. The number of aromatic nitrogens is 1. The van der Waals surface area contributed by atoms with E-state index >= 15 is 0 Å². The van der Waals surface area contributed by atoms with Gasteiger partial charge in [-0.15, -0.1) is 0 Å². The number of para-hydroxylation sites is 2. The molecular formula is C66H44N2. The average molecular weight is 865 g/mol. The number of hydrogen-bond acceptors (Lipinski definition) is 1. The van der Waals surface area contributed by atoms with E-state index in [-0.39, 0.29) is 0 Å². The Morgan fingerprint density at radius 3 is 1.26 bits per heavy atom. The summed E-state index contributed by atoms with van der Waals surface area (Å²) in [5, 5.41) is 9.98. The Hall–Kier alpha value is -8.98. The van der Waals surface area contributed by atoms with E-state index in [2.05, 4.69) is 276 Å². The molecule has 0 saturated heterocycles. The van der Waals surface area contributed by atoms with Crippen LogP contribution in [0.4, 0.5) is 17.1 Å². The van der Waals surface area contributed by atoms with Crippen molar-refractivity contribution in [1.29, 1.82) is 0 Å². The van der Waals surface area contributed by atoms with Gasteiger partial charge < -0.3 is 9.47 Å². The van der Waals surface area contributed by atoms with Gasteiger partial charge in [-0.1, -0.05) is 206 Å². The molecule has 2 nitrogen and oxygen atoms in total. The first-order valence-electron chi connectivity index (χ1n) is 23.4. The van der Waals surface area contributed by atoms with Gasteiger partial charge in [-0.3, -0.25) is 0 Å². The van der Waals surface area contributed by atoms with Crippen molar-refractivity contribution in [2.75, 3.05) is 4.90 Å². The fourth-order valence-corrected chi connectivity index (χ4v) is 10.8. The Kier molecular flexibility index (Phi) is 9.54. The maximum absolute atomic E-state index is 2.41. The van der Waals surface area contributed by atoms with Crippen molar-refractivity contribution in [2.45, 2.75) is 0 Å². The van der Waals surface area contributed by atoms with Crippen LogP contribution in [-0.4, -0.2) is 4.57 Å². The molecule has 0 spiro atoms. The van der Waals surface area contributed by atoms with Gasteiger partial charge in [0.1, 0.15) is 0 Å². The molecule has 68 heavy (non-hydrogen) atoms. The zero-order valence-corrected chi connectivity index (χ0v) is 37.3. The van der Waals surface area contributed by atoms with Crippen LogP contribution < -0.4 is 4.90 Å². The van der Waals surface area contributed by atoms with Crippen molar-refractivity contribution in [3.05, 3.63) is 267 Å². The van der Waals surface area contributed by atoms with Gasteiger partial charge in [0.05, 0.1) is 11.0 Å². The summed E-state index contributed by atoms with van der Waals surface area (Å²) in [5.74, 6) is 0. The molecule has 13 aromatic rings. The van der Waals surface area contributed by atoms with Crippen molar-refractivity contribution < 1.29 is 0 Å². The highest BCUT2D eigenvalue weighted by Gasteiger charge is 2.21. The van der Waals surface area contributed by atoms with Crippen molar-refractivity contribution in [3.8, 4) is 50.2 Å². The Morgan fingerprint density at radius 2 is 0.691 bits per heavy atom. The third kappa shape index (κ3) is 6.57. The molecular weight excluding hydrogens is 821 g/mol. The van der Waals surface area contributed by atoms with Crippen LogP contribution in [0, 0.1) is 0 Å². The number of benzene rings is 12. The van der Waals surface area contributed by atoms with E-state index in [9.17, 15) is 0 Å². The van der Waals surface area contributed by atoms with Gasteiger partial charge >= 0.3 is 0 Å². The molecule has 0 radical (unpaired) electrons. The second kappa shape index (κ2) is 16.5. The van der Waals surface area contributed by atoms with Crippen LogP contribution in [0.3, 0.4) is 0 Å². The minimum absolute atomic E-state index is 1.07. The third-order valence-electron chi connectivity index (χ3n) is 13.8. The number of anilines is 3. The first-order chi connectivity index (χ1) is 33.8. The van der Waals surface area contributed by atoms with Crippen LogP contribution in [0.5, 0.6) is 0 Å². The molecule has 318 valence electrons. The fourth-order valence-electron chi connectivity index (χ4n) is 10.8. The lowest BCUT2D eigenvalue weighted by atomic mass is 9.85. The molecule has 0 bridgehead atoms. The molecule has 0 aliphatic carbocycles. The smallest absolute Gasteiger partial charge is 0.0541 e. The Bertz CT molecular complexity index is 3940. The summed E-state index contributed by atoms with van der Waals surface area (Å²) in [6.45, 7) is 0. The van der Waals surface area contributed by atoms with Crippen molar-refractivity contribution >= 4 is 71.2 Å². The maximum Gasteiger partial charge on any atom is 0.0541 e. The summed E-state index contributed by atoms with van der Waals surface area (Å²) in [6.07, 6.45) is 0. The summed E-state index contributed by atoms with van der Waals surface area (Å²) in [4.78, 5) is 2.41. The topological polar surface area (TPSA) is 8.17 Å². The molecule has 2 heteroatoms. The van der Waals surface area contributed by atoms with Crippen LogP contribution in [-0.2, 0) is 0 Å². The van der Waals surface area contributed by atoms with E-state index in [1.54, 1.807) is 0 Å². The SMILES string of the molecule is c1ccc(-c2c(-c3cccc(N(c4ccc(-c5cccc6cccc(-c7ccccc7)c56)cc4)c4ccc(-n5c6ccccc6c6ccccc65)cc4)c3)c3ccccc3c3ccccc23)cc1. The van der Waals surface area contributed by atoms with Crippen molar-refractivity contribution in [1.82, 2.24) is 4.57 Å². The van der Waals surface area contributed by atoms with Crippen LogP contribution in [0.25, 0.3) is 104 Å². The minimum Gasteiger partial charge on any atom is -0.310 e. The standard InChI is InChI=1S/C66H44N2/c1-3-18-45(19-4-1)54-32-16-22-47-23-17-33-55(64(47)54)46-36-38-50(39-37-46)67(51-40-42-52(43-41-51)68-62-34-13-11-28-58(62)59-29-12-14-35-63(59)68)53-25-15-24-49(44-53)66-61-31-10-8-27-57(61)56-26-7-9-30-60(56)65(66)48-20-5-2-6-21-48/h1-44H. The van der Waals surface area contributed by atoms with Gasteiger partial charge in [-0.05, 0) is 137 Å². The monoisotopic (exact) mass is 864 g/mol. The highest BCUT2D eigenvalue weighted by atomic mass is 15.1. The van der Waals surface area contributed by atoms with Gasteiger partial charge in [0.25, 0.3) is 0 Å². The predicted molar refractivity (Wildman–Crippen MR) is 290 cm³/mol. The Morgan fingerprint density at radius 1 is 0.265 bits per heavy atom. The second-order valence-electron chi connectivity index (χ2n) is 17.6. The lowest BCUT2D eigenvalue weighted by Gasteiger charge is -2.27. The van der Waals surface area contributed by atoms with Gasteiger partial charge in [-0.25, -0.2) is 0 Å². The molecule has 0 amide bonds. The van der Waals surface area contributed by atoms with Crippen molar-refractivity contribution in [2.24, 2.45) is 0 Å². The Balaban J connectivity index is 0.997. The largest absolute Gasteiger partial charge is 0.310 e. The zero-order valence-electron chi connectivity index (χ0n) is 37.3. The highest BCUT2D eigenvalue weighted by molar-refractivity contribution is 6.21. The minimum atomic E-state index is 1.07. The molecule has 0 N–H and O–H groups in total. The van der Waals surface area contributed by atoms with Gasteiger partial charge in [0.15, 0.2) is 0 Å². The highest BCUT2D eigenvalue weighted by Crippen LogP contribution is 2.47. The van der Waals surface area contributed by atoms with E-state index in [4.69, 9.17) is 0 Å². The molecule has 0 aliphatic rings. The Labute approximate surface area is 395 Å². The van der Waals surface area contributed by atoms with Crippen LogP contribution in [0.2, 0.25) is 0 Å². The average Bonchev–Trinajstić information content (AvgIpc) is 3.75. The van der Waals surface area contributed by atoms with Gasteiger partial charge in [0.2, 0.25) is 0 Å². The quantitative estimate of drug-likeness (QED) is 0.138. The zero-order chi connectivity index (χ0) is 45.0. The summed E-state index contributed by atoms with van der Waals surface area (Å²) in [6, 6.07) is 97.5. The van der Waals surface area contributed by atoms with Crippen molar-refractivity contribution in [3.63, 3.8) is 0 Å². The van der Waals surface area contributed by atoms with Crippen LogP contribution in [0.1, 0.15) is 0 Å². The summed E-state index contributed by atoms with van der Waals surface area (Å²) >= 11 is 0. The van der Waals surface area contributed by atoms with E-state index in [1.165, 1.54) is 93.1 Å². The third-order valence-corrected chi connectivity index (χ3v) is 13.8. The second-order valence-corrected chi connectivity index (χ2v) is 17.6. The molecule has 12 aromatic carbocycles. The van der Waals surface area contributed by atoms with Crippen LogP contribution in [0.15, 0.2) is 267 Å². The molecule has 0 aliphatic heterocycles. The lowest BCUT2D eigenvalue weighted by Crippen LogP contribution is -2.10. The molecule has 1 aromatic heterocycles. The van der Waals surface area contributed by atoms with E-state index < -0.39 is 0 Å². The number of rotatable bonds is 8. The van der Waals surface area contributed by atoms with Gasteiger partial charge in [0, 0.05) is 33.5 Å². The predicted octanol–water partition coefficient (Wildman–Crippen LogP) is 18.4. The number of hydrogen-bond donors (Lipinski definition) is 0. The van der Waals surface area contributed by atoms with E-state index in [0.29, 0.717) is 0 Å². The molecule has 0 fully saturated rings. The normalized spacial score (nSPS) is 11.5. The summed E-state index contributed by atoms with van der Waals surface area (Å²) < 4.78 is 2.39. The first kappa shape index (κ1) is 39.4. The fraction of sp³-hybridized carbons (Fsp3) is 0. The first-order valence-corrected chi connectivity index (χ1v) is 23.4. The van der Waals surface area contributed by atoms with Gasteiger partial charge in [-0.2, -0.15) is 0 Å². The molecule has 13 rings (SSSR count). The number of fused-ring (bicyclic) bond motifs is 7. The molecule has 0 unspecified atom stereocenters. The molecule has 0 atom stereocenters. The van der Waals surface area contributed by atoms with Crippen LogP contribution >= 0.6 is 0 Å². The molecule has 0 saturated carbocycles. The number of nitrogens with zero attached hydrogens (tertiary/aromatic N) is 2.